The van der Waals surface area contributed by atoms with Gasteiger partial charge in [0.1, 0.15) is 5.75 Å². The number of Topliss-reactive ketones (excluding diaryl/α,β-unsaturated/α-hetero) is 1. The molecule has 1 N–H and O–H groups in total. The van der Waals surface area contributed by atoms with Crippen LogP contribution < -0.4 is 10.1 Å². The molecular formula is C16H21NO2. The molecule has 102 valence electrons. The molecule has 1 aliphatic carbocycles. The molecule has 0 spiro atoms. The molecule has 3 rings (SSSR count). The van der Waals surface area contributed by atoms with E-state index in [1.807, 2.05) is 24.3 Å². The summed E-state index contributed by atoms with van der Waals surface area (Å²) in [6.45, 7) is 1.10. The van der Waals surface area contributed by atoms with E-state index in [4.69, 9.17) is 4.74 Å². The van der Waals surface area contributed by atoms with E-state index < -0.39 is 0 Å². The van der Waals surface area contributed by atoms with Crippen LogP contribution in [0.15, 0.2) is 24.3 Å². The molecule has 0 bridgehead atoms. The molecule has 1 heterocycles. The molecule has 1 aromatic rings. The van der Waals surface area contributed by atoms with Gasteiger partial charge in [-0.05, 0) is 43.4 Å². The minimum Gasteiger partial charge on any atom is -0.497 e. The van der Waals surface area contributed by atoms with E-state index in [1.165, 1.54) is 19.3 Å². The fraction of sp³-hybridized carbons (Fsp3) is 0.562. The number of hydrogen-bond acceptors (Lipinski definition) is 3. The molecule has 2 fully saturated rings. The van der Waals surface area contributed by atoms with Crippen LogP contribution in [0.4, 0.5) is 0 Å². The average Bonchev–Trinajstić information content (AvgIpc) is 3.04. The maximum absolute atomic E-state index is 12.4. The zero-order chi connectivity index (χ0) is 13.2. The van der Waals surface area contributed by atoms with E-state index in [0.717, 1.165) is 29.7 Å². The van der Waals surface area contributed by atoms with Crippen LogP contribution >= 0.6 is 0 Å². The second-order valence-electron chi connectivity index (χ2n) is 5.73. The summed E-state index contributed by atoms with van der Waals surface area (Å²) in [4.78, 5) is 12.4. The molecule has 1 aliphatic heterocycles. The first kappa shape index (κ1) is 12.7. The highest BCUT2D eigenvalue weighted by Crippen LogP contribution is 2.39. The number of ketones is 1. The van der Waals surface area contributed by atoms with Gasteiger partial charge in [0, 0.05) is 18.0 Å². The van der Waals surface area contributed by atoms with Gasteiger partial charge >= 0.3 is 0 Å². The van der Waals surface area contributed by atoms with E-state index in [2.05, 4.69) is 5.32 Å². The molecule has 3 nitrogen and oxygen atoms in total. The highest BCUT2D eigenvalue weighted by molar-refractivity contribution is 5.96. The van der Waals surface area contributed by atoms with Crippen LogP contribution in [0.5, 0.6) is 5.75 Å². The minimum atomic E-state index is 0.226. The Morgan fingerprint density at radius 2 is 2.32 bits per heavy atom. The SMILES string of the molecule is COc1cccc(C(=O)CC2NCC3CCCC32)c1. The summed E-state index contributed by atoms with van der Waals surface area (Å²) in [7, 11) is 1.63. The van der Waals surface area contributed by atoms with E-state index >= 15 is 0 Å². The number of hydrogen-bond donors (Lipinski definition) is 1. The van der Waals surface area contributed by atoms with Crippen molar-refractivity contribution in [2.45, 2.75) is 31.7 Å². The Morgan fingerprint density at radius 1 is 1.42 bits per heavy atom. The first-order valence-corrected chi connectivity index (χ1v) is 7.18. The fourth-order valence-electron chi connectivity index (χ4n) is 3.64. The monoisotopic (exact) mass is 259 g/mol. The lowest BCUT2D eigenvalue weighted by molar-refractivity contribution is 0.0963. The highest BCUT2D eigenvalue weighted by Gasteiger charge is 2.39. The van der Waals surface area contributed by atoms with E-state index in [0.29, 0.717) is 12.5 Å². The Hall–Kier alpha value is -1.35. The Labute approximate surface area is 114 Å². The van der Waals surface area contributed by atoms with Crippen molar-refractivity contribution < 1.29 is 9.53 Å². The number of nitrogens with one attached hydrogen (secondary N) is 1. The van der Waals surface area contributed by atoms with Gasteiger partial charge in [0.15, 0.2) is 5.78 Å². The summed E-state index contributed by atoms with van der Waals surface area (Å²) >= 11 is 0. The second-order valence-corrected chi connectivity index (χ2v) is 5.73. The van der Waals surface area contributed by atoms with E-state index in [-0.39, 0.29) is 5.78 Å². The molecule has 1 aromatic carbocycles. The number of carbonyl (C=O) groups is 1. The maximum atomic E-state index is 12.4. The van der Waals surface area contributed by atoms with Gasteiger partial charge in [-0.15, -0.1) is 0 Å². The molecule has 1 saturated heterocycles. The summed E-state index contributed by atoms with van der Waals surface area (Å²) < 4.78 is 5.18. The van der Waals surface area contributed by atoms with Crippen LogP contribution in [0.25, 0.3) is 0 Å². The lowest BCUT2D eigenvalue weighted by atomic mass is 9.90. The van der Waals surface area contributed by atoms with Crippen molar-refractivity contribution >= 4 is 5.78 Å². The molecule has 0 amide bonds. The number of methoxy groups -OCH3 is 1. The van der Waals surface area contributed by atoms with Gasteiger partial charge in [-0.1, -0.05) is 18.6 Å². The molecule has 3 unspecified atom stereocenters. The van der Waals surface area contributed by atoms with Crippen molar-refractivity contribution in [3.63, 3.8) is 0 Å². The molecule has 0 aromatic heterocycles. The van der Waals surface area contributed by atoms with Gasteiger partial charge < -0.3 is 10.1 Å². The number of carbonyl (C=O) groups excluding carboxylic acids is 1. The summed E-state index contributed by atoms with van der Waals surface area (Å²) in [6.07, 6.45) is 4.57. The molecule has 1 saturated carbocycles. The molecule has 2 aliphatic rings. The van der Waals surface area contributed by atoms with Gasteiger partial charge in [0.05, 0.1) is 7.11 Å². The smallest absolute Gasteiger partial charge is 0.164 e. The van der Waals surface area contributed by atoms with Crippen molar-refractivity contribution in [1.82, 2.24) is 5.32 Å². The Bertz CT molecular complexity index is 472. The van der Waals surface area contributed by atoms with Crippen LogP contribution in [0.3, 0.4) is 0 Å². The number of fused-ring (bicyclic) bond motifs is 1. The largest absolute Gasteiger partial charge is 0.497 e. The maximum Gasteiger partial charge on any atom is 0.164 e. The van der Waals surface area contributed by atoms with Crippen LogP contribution in [-0.2, 0) is 0 Å². The van der Waals surface area contributed by atoms with Crippen molar-refractivity contribution in [1.29, 1.82) is 0 Å². The first-order chi connectivity index (χ1) is 9.28. The first-order valence-electron chi connectivity index (χ1n) is 7.18. The van der Waals surface area contributed by atoms with Gasteiger partial charge in [-0.25, -0.2) is 0 Å². The van der Waals surface area contributed by atoms with Gasteiger partial charge in [0.25, 0.3) is 0 Å². The Kier molecular flexibility index (Phi) is 3.56. The highest BCUT2D eigenvalue weighted by atomic mass is 16.5. The molecule has 3 heteroatoms. The number of ether oxygens (including phenoxy) is 1. The van der Waals surface area contributed by atoms with Crippen LogP contribution in [0.1, 0.15) is 36.0 Å². The standard InChI is InChI=1S/C16H21NO2/c1-19-13-6-2-4-11(8-13)16(18)9-15-14-7-3-5-12(14)10-17-15/h2,4,6,8,12,14-15,17H,3,5,7,9-10H2,1H3. The molecule has 3 atom stereocenters. The van der Waals surface area contributed by atoms with Crippen LogP contribution in [-0.4, -0.2) is 25.5 Å². The third-order valence-electron chi connectivity index (χ3n) is 4.67. The number of benzene rings is 1. The van der Waals surface area contributed by atoms with E-state index in [9.17, 15) is 4.79 Å². The van der Waals surface area contributed by atoms with Crippen molar-refractivity contribution in [3.05, 3.63) is 29.8 Å². The Balaban J connectivity index is 1.67. The van der Waals surface area contributed by atoms with Crippen molar-refractivity contribution in [2.24, 2.45) is 11.8 Å². The normalized spacial score (nSPS) is 29.2. The zero-order valence-electron chi connectivity index (χ0n) is 11.4. The predicted octanol–water partition coefficient (Wildman–Crippen LogP) is 2.66. The Morgan fingerprint density at radius 3 is 3.16 bits per heavy atom. The third kappa shape index (κ3) is 2.52. The van der Waals surface area contributed by atoms with Gasteiger partial charge in [-0.2, -0.15) is 0 Å². The summed E-state index contributed by atoms with van der Waals surface area (Å²) in [5.74, 6) is 2.51. The minimum absolute atomic E-state index is 0.226. The van der Waals surface area contributed by atoms with E-state index in [1.54, 1.807) is 7.11 Å². The third-order valence-corrected chi connectivity index (χ3v) is 4.67. The zero-order valence-corrected chi connectivity index (χ0v) is 11.4. The molecule has 19 heavy (non-hydrogen) atoms. The summed E-state index contributed by atoms with van der Waals surface area (Å²) in [5.41, 5.74) is 0.766. The second kappa shape index (κ2) is 5.33. The lowest BCUT2D eigenvalue weighted by Crippen LogP contribution is -2.29. The van der Waals surface area contributed by atoms with Gasteiger partial charge in [-0.3, -0.25) is 4.79 Å². The lowest BCUT2D eigenvalue weighted by Gasteiger charge is -2.17. The average molecular weight is 259 g/mol. The quantitative estimate of drug-likeness (QED) is 0.845. The van der Waals surface area contributed by atoms with Gasteiger partial charge in [0.2, 0.25) is 0 Å². The molecular weight excluding hydrogens is 238 g/mol. The summed E-state index contributed by atoms with van der Waals surface area (Å²) in [5, 5.41) is 3.54. The number of rotatable bonds is 4. The molecule has 0 radical (unpaired) electrons. The van der Waals surface area contributed by atoms with Crippen molar-refractivity contribution in [3.8, 4) is 5.75 Å². The van der Waals surface area contributed by atoms with Crippen molar-refractivity contribution in [2.75, 3.05) is 13.7 Å². The summed E-state index contributed by atoms with van der Waals surface area (Å²) in [6, 6.07) is 7.85. The predicted molar refractivity (Wildman–Crippen MR) is 74.6 cm³/mol. The fourth-order valence-corrected chi connectivity index (χ4v) is 3.64. The van der Waals surface area contributed by atoms with Crippen LogP contribution in [0, 0.1) is 11.8 Å². The van der Waals surface area contributed by atoms with Crippen LogP contribution in [0.2, 0.25) is 0 Å². The topological polar surface area (TPSA) is 38.3 Å².